The van der Waals surface area contributed by atoms with Crippen molar-refractivity contribution in [3.05, 3.63) is 51.8 Å². The van der Waals surface area contributed by atoms with Crippen molar-refractivity contribution in [1.82, 2.24) is 15.0 Å². The molecule has 3 rings (SSSR count). The SMILES string of the molecule is Clc1cccc(OCc2nc3ncc(Br)cc3[nH]2)c1. The van der Waals surface area contributed by atoms with Gasteiger partial charge in [0.1, 0.15) is 18.2 Å². The Kier molecular flexibility index (Phi) is 3.40. The van der Waals surface area contributed by atoms with Gasteiger partial charge in [-0.1, -0.05) is 17.7 Å². The smallest absolute Gasteiger partial charge is 0.177 e. The first-order chi connectivity index (χ1) is 9.20. The van der Waals surface area contributed by atoms with E-state index >= 15 is 0 Å². The van der Waals surface area contributed by atoms with Crippen molar-refractivity contribution < 1.29 is 4.74 Å². The first-order valence-electron chi connectivity index (χ1n) is 5.59. The standard InChI is InChI=1S/C13H9BrClN3O/c14-8-4-11-13(16-6-8)18-12(17-11)7-19-10-3-1-2-9(15)5-10/h1-6H,7H2,(H,16,17,18). The van der Waals surface area contributed by atoms with Crippen LogP contribution in [0.15, 0.2) is 41.0 Å². The lowest BCUT2D eigenvalue weighted by Crippen LogP contribution is -1.97. The summed E-state index contributed by atoms with van der Waals surface area (Å²) in [6, 6.07) is 9.19. The molecule has 2 heterocycles. The number of benzene rings is 1. The molecule has 0 spiro atoms. The van der Waals surface area contributed by atoms with E-state index in [0.717, 1.165) is 15.8 Å². The molecule has 3 aromatic rings. The number of rotatable bonds is 3. The zero-order valence-electron chi connectivity index (χ0n) is 9.73. The summed E-state index contributed by atoms with van der Waals surface area (Å²) in [5, 5.41) is 0.646. The summed E-state index contributed by atoms with van der Waals surface area (Å²) < 4.78 is 6.52. The number of hydrogen-bond acceptors (Lipinski definition) is 3. The van der Waals surface area contributed by atoms with E-state index in [4.69, 9.17) is 16.3 Å². The molecule has 0 atom stereocenters. The lowest BCUT2D eigenvalue weighted by molar-refractivity contribution is 0.297. The van der Waals surface area contributed by atoms with Gasteiger partial charge in [-0.05, 0) is 40.2 Å². The Labute approximate surface area is 122 Å². The zero-order chi connectivity index (χ0) is 13.2. The molecular formula is C13H9BrClN3O. The summed E-state index contributed by atoms with van der Waals surface area (Å²) in [4.78, 5) is 11.7. The van der Waals surface area contributed by atoms with Crippen LogP contribution >= 0.6 is 27.5 Å². The van der Waals surface area contributed by atoms with Gasteiger partial charge < -0.3 is 9.72 Å². The fraction of sp³-hybridized carbons (Fsp3) is 0.0769. The number of imidazole rings is 1. The van der Waals surface area contributed by atoms with E-state index in [9.17, 15) is 0 Å². The molecule has 19 heavy (non-hydrogen) atoms. The highest BCUT2D eigenvalue weighted by molar-refractivity contribution is 9.10. The molecule has 0 saturated heterocycles. The molecule has 0 aliphatic heterocycles. The van der Waals surface area contributed by atoms with E-state index in [1.807, 2.05) is 18.2 Å². The highest BCUT2D eigenvalue weighted by Crippen LogP contribution is 2.19. The third-order valence-electron chi connectivity index (χ3n) is 2.52. The van der Waals surface area contributed by atoms with Crippen LogP contribution in [-0.2, 0) is 6.61 Å². The van der Waals surface area contributed by atoms with Crippen LogP contribution in [0.3, 0.4) is 0 Å². The van der Waals surface area contributed by atoms with Gasteiger partial charge in [-0.25, -0.2) is 9.97 Å². The van der Waals surface area contributed by atoms with Gasteiger partial charge in [0.2, 0.25) is 0 Å². The average Bonchev–Trinajstić information content (AvgIpc) is 2.78. The number of halogens is 2. The van der Waals surface area contributed by atoms with Crippen molar-refractivity contribution in [2.75, 3.05) is 0 Å². The number of H-pyrrole nitrogens is 1. The lowest BCUT2D eigenvalue weighted by Gasteiger charge is -2.03. The molecule has 4 nitrogen and oxygen atoms in total. The zero-order valence-corrected chi connectivity index (χ0v) is 12.1. The summed E-state index contributed by atoms with van der Waals surface area (Å²) >= 11 is 9.26. The van der Waals surface area contributed by atoms with Crippen molar-refractivity contribution in [3.8, 4) is 5.75 Å². The molecule has 1 aromatic carbocycles. The van der Waals surface area contributed by atoms with Gasteiger partial charge in [0.05, 0.1) is 5.52 Å². The number of aromatic nitrogens is 3. The van der Waals surface area contributed by atoms with Crippen LogP contribution in [0.25, 0.3) is 11.2 Å². The molecule has 0 amide bonds. The maximum Gasteiger partial charge on any atom is 0.177 e. The summed E-state index contributed by atoms with van der Waals surface area (Å²) in [7, 11) is 0. The minimum atomic E-state index is 0.342. The van der Waals surface area contributed by atoms with E-state index in [1.54, 1.807) is 18.3 Å². The second-order valence-electron chi connectivity index (χ2n) is 3.95. The number of ether oxygens (including phenoxy) is 1. The number of nitrogens with zero attached hydrogens (tertiary/aromatic N) is 2. The highest BCUT2D eigenvalue weighted by Gasteiger charge is 2.05. The predicted octanol–water partition coefficient (Wildman–Crippen LogP) is 3.95. The molecule has 0 saturated carbocycles. The third kappa shape index (κ3) is 2.88. The maximum absolute atomic E-state index is 5.89. The van der Waals surface area contributed by atoms with E-state index in [2.05, 4.69) is 30.9 Å². The minimum absolute atomic E-state index is 0.342. The Morgan fingerprint density at radius 1 is 1.32 bits per heavy atom. The van der Waals surface area contributed by atoms with Crippen LogP contribution in [0.2, 0.25) is 5.02 Å². The molecule has 0 aliphatic carbocycles. The van der Waals surface area contributed by atoms with Gasteiger partial charge >= 0.3 is 0 Å². The van der Waals surface area contributed by atoms with Gasteiger partial charge in [-0.15, -0.1) is 0 Å². The van der Waals surface area contributed by atoms with Gasteiger partial charge in [0.15, 0.2) is 5.65 Å². The summed E-state index contributed by atoms with van der Waals surface area (Å²) in [6.45, 7) is 0.342. The number of aromatic amines is 1. The number of fused-ring (bicyclic) bond motifs is 1. The van der Waals surface area contributed by atoms with Crippen molar-refractivity contribution >= 4 is 38.7 Å². The molecule has 1 N–H and O–H groups in total. The van der Waals surface area contributed by atoms with Gasteiger partial charge in [-0.3, -0.25) is 0 Å². The topological polar surface area (TPSA) is 50.8 Å². The Morgan fingerprint density at radius 3 is 3.05 bits per heavy atom. The monoisotopic (exact) mass is 337 g/mol. The van der Waals surface area contributed by atoms with E-state index in [1.165, 1.54) is 0 Å². The Hall–Kier alpha value is -1.59. The first-order valence-corrected chi connectivity index (χ1v) is 6.76. The molecule has 6 heteroatoms. The van der Waals surface area contributed by atoms with Crippen LogP contribution < -0.4 is 4.74 Å². The number of hydrogen-bond donors (Lipinski definition) is 1. The van der Waals surface area contributed by atoms with E-state index < -0.39 is 0 Å². The third-order valence-corrected chi connectivity index (χ3v) is 3.19. The maximum atomic E-state index is 5.89. The van der Waals surface area contributed by atoms with E-state index in [-0.39, 0.29) is 0 Å². The van der Waals surface area contributed by atoms with Gasteiger partial charge in [-0.2, -0.15) is 0 Å². The fourth-order valence-corrected chi connectivity index (χ4v) is 2.21. The molecule has 96 valence electrons. The Bertz CT molecular complexity index is 729. The van der Waals surface area contributed by atoms with Crippen molar-refractivity contribution in [2.45, 2.75) is 6.61 Å². The Balaban J connectivity index is 1.78. The van der Waals surface area contributed by atoms with Crippen molar-refractivity contribution in [2.24, 2.45) is 0 Å². The second kappa shape index (κ2) is 5.19. The first kappa shape index (κ1) is 12.4. The highest BCUT2D eigenvalue weighted by atomic mass is 79.9. The normalized spacial score (nSPS) is 10.8. The summed E-state index contributed by atoms with van der Waals surface area (Å²) in [5.74, 6) is 1.43. The van der Waals surface area contributed by atoms with Crippen LogP contribution in [0.5, 0.6) is 5.75 Å². The molecule has 2 aromatic heterocycles. The van der Waals surface area contributed by atoms with Crippen LogP contribution in [-0.4, -0.2) is 15.0 Å². The largest absolute Gasteiger partial charge is 0.486 e. The van der Waals surface area contributed by atoms with Crippen molar-refractivity contribution in [3.63, 3.8) is 0 Å². The molecule has 0 aliphatic rings. The van der Waals surface area contributed by atoms with Gasteiger partial charge in [0, 0.05) is 15.7 Å². The van der Waals surface area contributed by atoms with Crippen LogP contribution in [0, 0.1) is 0 Å². The number of pyridine rings is 1. The van der Waals surface area contributed by atoms with Gasteiger partial charge in [0.25, 0.3) is 0 Å². The summed E-state index contributed by atoms with van der Waals surface area (Å²) in [5.41, 5.74) is 1.55. The van der Waals surface area contributed by atoms with E-state index in [0.29, 0.717) is 23.0 Å². The molecular weight excluding hydrogens is 330 g/mol. The average molecular weight is 339 g/mol. The number of nitrogens with one attached hydrogen (secondary N) is 1. The molecule has 0 radical (unpaired) electrons. The minimum Gasteiger partial charge on any atom is -0.486 e. The molecule has 0 bridgehead atoms. The summed E-state index contributed by atoms with van der Waals surface area (Å²) in [6.07, 6.45) is 1.71. The quantitative estimate of drug-likeness (QED) is 0.786. The van der Waals surface area contributed by atoms with Crippen molar-refractivity contribution in [1.29, 1.82) is 0 Å². The molecule has 0 fully saturated rings. The van der Waals surface area contributed by atoms with Crippen LogP contribution in [0.1, 0.15) is 5.82 Å². The fourth-order valence-electron chi connectivity index (χ4n) is 1.70. The molecule has 0 unspecified atom stereocenters. The second-order valence-corrected chi connectivity index (χ2v) is 5.31. The van der Waals surface area contributed by atoms with Crippen LogP contribution in [0.4, 0.5) is 0 Å². The Morgan fingerprint density at radius 2 is 2.21 bits per heavy atom. The predicted molar refractivity (Wildman–Crippen MR) is 77.4 cm³/mol. The lowest BCUT2D eigenvalue weighted by atomic mass is 10.3.